The van der Waals surface area contributed by atoms with Gasteiger partial charge in [0.2, 0.25) is 5.95 Å². The predicted octanol–water partition coefficient (Wildman–Crippen LogP) is -2.78. The third-order valence-electron chi connectivity index (χ3n) is 4.34. The fourth-order valence-corrected chi connectivity index (χ4v) is 6.65. The normalized spacial score (nSPS) is 27.9. The van der Waals surface area contributed by atoms with Crippen molar-refractivity contribution < 1.29 is 56.5 Å². The molecule has 2 aromatic heterocycles. The zero-order valence-electron chi connectivity index (χ0n) is 17.3. The molecule has 1 aliphatic heterocycles. The van der Waals surface area contributed by atoms with Crippen molar-refractivity contribution in [1.29, 1.82) is 0 Å². The number of fused-ring (bicyclic) bond motifs is 1. The maximum Gasteiger partial charge on any atom is 0.489 e. The van der Waals surface area contributed by atoms with Crippen molar-refractivity contribution in [3.8, 4) is 0 Å². The second kappa shape index (κ2) is 10.4. The summed E-state index contributed by atoms with van der Waals surface area (Å²) in [4.78, 5) is 50.4. The Bertz CT molecular complexity index is 1270. The largest absolute Gasteiger partial charge is 0.489 e. The van der Waals surface area contributed by atoms with E-state index in [2.05, 4.69) is 28.1 Å². The predicted molar refractivity (Wildman–Crippen MR) is 113 cm³/mol. The Morgan fingerprint density at radius 3 is 2.51 bits per heavy atom. The van der Waals surface area contributed by atoms with Crippen LogP contribution in [0.5, 0.6) is 0 Å². The molecule has 7 unspecified atom stereocenters. The molecular formula is C12H22N7O13P3. The molecule has 20 nitrogen and oxygen atoms in total. The molecule has 198 valence electrons. The number of phosphoric ester groups is 1. The first-order valence-corrected chi connectivity index (χ1v) is 14.0. The number of H-pyrrole nitrogens is 1. The lowest BCUT2D eigenvalue weighted by Gasteiger charge is -2.20. The van der Waals surface area contributed by atoms with E-state index in [1.165, 1.54) is 0 Å². The molecule has 3 rings (SSSR count). The van der Waals surface area contributed by atoms with Gasteiger partial charge in [-0.05, 0) is 0 Å². The molecule has 0 bridgehead atoms. The minimum atomic E-state index is -5.63. The molecule has 0 amide bonds. The number of imidazole rings is 1. The molecule has 0 aliphatic carbocycles. The topological polar surface area (TPSA) is 317 Å². The third-order valence-corrected chi connectivity index (χ3v) is 8.80. The quantitative estimate of drug-likeness (QED) is 0.124. The smallest absolute Gasteiger partial charge is 0.387 e. The van der Waals surface area contributed by atoms with Crippen LogP contribution in [0.1, 0.15) is 6.23 Å². The van der Waals surface area contributed by atoms with E-state index in [9.17, 15) is 43.4 Å². The molecule has 23 heteroatoms. The number of ether oxygens (including phenoxy) is 1. The molecule has 0 radical (unpaired) electrons. The Labute approximate surface area is 194 Å². The number of nitrogen functional groups attached to an aromatic ring is 1. The lowest BCUT2D eigenvalue weighted by atomic mass is 10.1. The van der Waals surface area contributed by atoms with Gasteiger partial charge in [0.05, 0.1) is 12.9 Å². The number of phosphoric acid groups is 2. The molecule has 0 spiro atoms. The van der Waals surface area contributed by atoms with Crippen LogP contribution in [0.15, 0.2) is 11.1 Å². The van der Waals surface area contributed by atoms with Crippen molar-refractivity contribution in [2.75, 3.05) is 25.4 Å². The number of hydrogen-bond donors (Lipinski definition) is 9. The molecule has 0 aromatic carbocycles. The van der Waals surface area contributed by atoms with Crippen LogP contribution in [-0.2, 0) is 31.6 Å². The van der Waals surface area contributed by atoms with Crippen LogP contribution in [0.4, 0.5) is 5.95 Å². The van der Waals surface area contributed by atoms with Gasteiger partial charge in [-0.15, -0.1) is 0 Å². The SMILES string of the molecule is NCCNP(=O)(O)OP(=O)(O)OP(=O)(O)OCC1OC(n2cnc3c(=O)[nH]c(N)nc32)C(O)C1O. The number of anilines is 1. The summed E-state index contributed by atoms with van der Waals surface area (Å²) in [6.45, 7) is -1.42. The van der Waals surface area contributed by atoms with Crippen molar-refractivity contribution in [3.05, 3.63) is 16.7 Å². The molecule has 2 aromatic rings. The van der Waals surface area contributed by atoms with Crippen molar-refractivity contribution in [1.82, 2.24) is 24.6 Å². The van der Waals surface area contributed by atoms with E-state index in [-0.39, 0.29) is 30.2 Å². The Hall–Kier alpha value is -1.60. The number of aliphatic hydroxyl groups excluding tert-OH is 2. The summed E-state index contributed by atoms with van der Waals surface area (Å²) in [7, 11) is -16.0. The van der Waals surface area contributed by atoms with E-state index in [1.807, 2.05) is 0 Å². The van der Waals surface area contributed by atoms with Gasteiger partial charge in [0.15, 0.2) is 17.4 Å². The number of nitrogens with zero attached hydrogens (tertiary/aromatic N) is 3. The highest BCUT2D eigenvalue weighted by atomic mass is 31.3. The Morgan fingerprint density at radius 2 is 1.86 bits per heavy atom. The van der Waals surface area contributed by atoms with Crippen LogP contribution in [0.3, 0.4) is 0 Å². The van der Waals surface area contributed by atoms with Crippen LogP contribution in [0.2, 0.25) is 0 Å². The summed E-state index contributed by atoms with van der Waals surface area (Å²) in [5, 5.41) is 22.4. The first kappa shape index (κ1) is 28.0. The van der Waals surface area contributed by atoms with Crippen LogP contribution in [0.25, 0.3) is 11.2 Å². The lowest BCUT2D eigenvalue weighted by Crippen LogP contribution is -2.33. The van der Waals surface area contributed by atoms with Crippen LogP contribution in [-0.4, -0.2) is 82.4 Å². The fourth-order valence-electron chi connectivity index (χ4n) is 2.94. The van der Waals surface area contributed by atoms with E-state index in [4.69, 9.17) is 16.2 Å². The number of nitrogens with two attached hydrogens (primary N) is 2. The molecular weight excluding hydrogens is 543 g/mol. The van der Waals surface area contributed by atoms with Gasteiger partial charge in [-0.1, -0.05) is 0 Å². The average Bonchev–Trinajstić information content (AvgIpc) is 3.25. The van der Waals surface area contributed by atoms with Crippen molar-refractivity contribution in [2.24, 2.45) is 5.73 Å². The van der Waals surface area contributed by atoms with E-state index in [1.54, 1.807) is 5.09 Å². The zero-order chi connectivity index (χ0) is 26.2. The Balaban J connectivity index is 1.67. The minimum absolute atomic E-state index is 0.102. The maximum absolute atomic E-state index is 12.0. The standard InChI is InChI=1S/C12H22N7O13P3/c13-1-2-16-33(23,24)31-35(27,28)32-34(25,26)29-3-5-7(20)8(21)11(30-5)19-4-15-6-9(19)17-12(14)18-10(6)22/h4-5,7-8,11,20-21H,1-3,13H2,(H,25,26)(H,27,28)(H2,16,23,24)(H3,14,17,18,22). The summed E-state index contributed by atoms with van der Waals surface area (Å²) < 4.78 is 54.4. The Kier molecular flexibility index (Phi) is 8.32. The minimum Gasteiger partial charge on any atom is -0.387 e. The maximum atomic E-state index is 12.0. The molecule has 35 heavy (non-hydrogen) atoms. The van der Waals surface area contributed by atoms with Crippen molar-refractivity contribution >= 4 is 40.5 Å². The summed E-state index contributed by atoms with van der Waals surface area (Å²) in [6, 6.07) is 0. The second-order valence-corrected chi connectivity index (χ2v) is 11.7. The number of nitrogens with one attached hydrogen (secondary N) is 2. The highest BCUT2D eigenvalue weighted by Crippen LogP contribution is 2.66. The fraction of sp³-hybridized carbons (Fsp3) is 0.583. The Morgan fingerprint density at radius 1 is 1.17 bits per heavy atom. The molecule has 7 atom stereocenters. The van der Waals surface area contributed by atoms with Gasteiger partial charge in [-0.3, -0.25) is 18.9 Å². The van der Waals surface area contributed by atoms with Gasteiger partial charge in [0, 0.05) is 13.1 Å². The van der Waals surface area contributed by atoms with Crippen LogP contribution >= 0.6 is 23.4 Å². The van der Waals surface area contributed by atoms with Crippen LogP contribution < -0.4 is 22.1 Å². The van der Waals surface area contributed by atoms with Gasteiger partial charge in [0.25, 0.3) is 5.56 Å². The number of aromatic nitrogens is 4. The first-order valence-electron chi connectivity index (χ1n) is 9.39. The molecule has 0 saturated carbocycles. The molecule has 1 aliphatic rings. The summed E-state index contributed by atoms with van der Waals surface area (Å²) in [6.07, 6.45) is -5.25. The number of hydrogen-bond acceptors (Lipinski definition) is 14. The number of aliphatic hydroxyl groups is 2. The van der Waals surface area contributed by atoms with Gasteiger partial charge >= 0.3 is 23.4 Å². The van der Waals surface area contributed by atoms with E-state index in [0.717, 1.165) is 10.9 Å². The molecule has 11 N–H and O–H groups in total. The number of aromatic amines is 1. The first-order chi connectivity index (χ1) is 16.1. The summed E-state index contributed by atoms with van der Waals surface area (Å²) in [5.41, 5.74) is 9.67. The second-order valence-electron chi connectivity index (χ2n) is 6.93. The molecule has 1 fully saturated rings. The van der Waals surface area contributed by atoms with E-state index < -0.39 is 60.1 Å². The van der Waals surface area contributed by atoms with Gasteiger partial charge in [-0.25, -0.2) is 23.8 Å². The van der Waals surface area contributed by atoms with E-state index >= 15 is 0 Å². The highest BCUT2D eigenvalue weighted by Gasteiger charge is 2.47. The summed E-state index contributed by atoms with van der Waals surface area (Å²) in [5.74, 6) is -0.267. The van der Waals surface area contributed by atoms with Gasteiger partial charge in [-0.2, -0.15) is 13.6 Å². The van der Waals surface area contributed by atoms with Gasteiger partial charge in [0.1, 0.15) is 18.3 Å². The summed E-state index contributed by atoms with van der Waals surface area (Å²) >= 11 is 0. The average molecular weight is 565 g/mol. The lowest BCUT2D eigenvalue weighted by molar-refractivity contribution is -0.0503. The third kappa shape index (κ3) is 6.79. The van der Waals surface area contributed by atoms with Gasteiger partial charge < -0.3 is 41.1 Å². The zero-order valence-corrected chi connectivity index (χ0v) is 20.0. The molecule has 3 heterocycles. The van der Waals surface area contributed by atoms with Crippen molar-refractivity contribution in [2.45, 2.75) is 24.5 Å². The molecule has 1 saturated heterocycles. The monoisotopic (exact) mass is 565 g/mol. The highest BCUT2D eigenvalue weighted by molar-refractivity contribution is 7.67. The van der Waals surface area contributed by atoms with Crippen molar-refractivity contribution in [3.63, 3.8) is 0 Å². The van der Waals surface area contributed by atoms with Crippen LogP contribution in [0, 0.1) is 0 Å². The van der Waals surface area contributed by atoms with E-state index in [0.29, 0.717) is 0 Å². The number of rotatable bonds is 11.